The average Bonchev–Trinajstić information content (AvgIpc) is 2.68. The van der Waals surface area contributed by atoms with Crippen molar-refractivity contribution < 1.29 is 9.32 Å². The van der Waals surface area contributed by atoms with Crippen LogP contribution < -0.4 is 11.1 Å². The monoisotopic (exact) mass is 237 g/mol. The molecule has 2 rings (SSSR count). The lowest BCUT2D eigenvalue weighted by molar-refractivity contribution is 0.102. The number of rotatable bonds is 2. The van der Waals surface area contributed by atoms with Crippen LogP contribution in [0.2, 0.25) is 5.02 Å². The molecule has 0 atom stereocenters. The van der Waals surface area contributed by atoms with Gasteiger partial charge in [0.05, 0.1) is 6.20 Å². The molecule has 6 heteroatoms. The minimum atomic E-state index is -0.322. The first-order valence-electron chi connectivity index (χ1n) is 4.42. The van der Waals surface area contributed by atoms with Crippen molar-refractivity contribution in [2.45, 2.75) is 0 Å². The molecule has 2 aromatic rings. The highest BCUT2D eigenvalue weighted by Crippen LogP contribution is 2.17. The van der Waals surface area contributed by atoms with Crippen LogP contribution in [0.25, 0.3) is 0 Å². The predicted molar refractivity (Wildman–Crippen MR) is 60.3 cm³/mol. The van der Waals surface area contributed by atoms with Crippen LogP contribution in [0.3, 0.4) is 0 Å². The fraction of sp³-hybridized carbons (Fsp3) is 0. The number of nitrogens with one attached hydrogen (secondary N) is 1. The summed E-state index contributed by atoms with van der Waals surface area (Å²) in [6, 6.07) is 4.63. The maximum Gasteiger partial charge on any atom is 0.255 e. The molecule has 0 spiro atoms. The van der Waals surface area contributed by atoms with Crippen molar-refractivity contribution in [2.75, 3.05) is 11.1 Å². The molecule has 0 unspecified atom stereocenters. The van der Waals surface area contributed by atoms with Gasteiger partial charge in [-0.25, -0.2) is 0 Å². The molecular weight excluding hydrogens is 230 g/mol. The lowest BCUT2D eigenvalue weighted by Gasteiger charge is -2.03. The molecule has 3 N–H and O–H groups in total. The van der Waals surface area contributed by atoms with Gasteiger partial charge in [-0.05, 0) is 18.2 Å². The molecule has 0 radical (unpaired) electrons. The third-order valence-electron chi connectivity index (χ3n) is 1.87. The van der Waals surface area contributed by atoms with E-state index in [1.807, 2.05) is 0 Å². The zero-order valence-electron chi connectivity index (χ0n) is 8.11. The number of benzene rings is 1. The lowest BCUT2D eigenvalue weighted by atomic mass is 10.2. The second-order valence-electron chi connectivity index (χ2n) is 3.14. The molecule has 0 aliphatic heterocycles. The molecule has 0 saturated carbocycles. The Labute approximate surface area is 96.2 Å². The summed E-state index contributed by atoms with van der Waals surface area (Å²) in [7, 11) is 0. The second-order valence-corrected chi connectivity index (χ2v) is 3.58. The highest BCUT2D eigenvalue weighted by Gasteiger charge is 2.08. The SMILES string of the molecule is Nc1cc(Cl)cc(C(=O)Nc2cnoc2)c1. The van der Waals surface area contributed by atoms with Gasteiger partial charge in [-0.2, -0.15) is 0 Å². The van der Waals surface area contributed by atoms with E-state index in [0.29, 0.717) is 22.0 Å². The third-order valence-corrected chi connectivity index (χ3v) is 2.09. The Bertz CT molecular complexity index is 491. The van der Waals surface area contributed by atoms with E-state index in [1.54, 1.807) is 6.07 Å². The molecule has 0 fully saturated rings. The van der Waals surface area contributed by atoms with Crippen molar-refractivity contribution in [1.29, 1.82) is 0 Å². The number of amides is 1. The van der Waals surface area contributed by atoms with Crippen LogP contribution in [0.15, 0.2) is 35.2 Å². The molecule has 82 valence electrons. The fourth-order valence-corrected chi connectivity index (χ4v) is 1.46. The average molecular weight is 238 g/mol. The number of carbonyl (C=O) groups is 1. The van der Waals surface area contributed by atoms with Crippen molar-refractivity contribution in [3.63, 3.8) is 0 Å². The third kappa shape index (κ3) is 2.32. The van der Waals surface area contributed by atoms with Gasteiger partial charge in [0.1, 0.15) is 12.0 Å². The first kappa shape index (κ1) is 10.5. The van der Waals surface area contributed by atoms with Crippen LogP contribution in [0.4, 0.5) is 11.4 Å². The molecule has 1 aromatic carbocycles. The fourth-order valence-electron chi connectivity index (χ4n) is 1.21. The summed E-state index contributed by atoms with van der Waals surface area (Å²) in [5.41, 5.74) is 6.86. The molecular formula is C10H8ClN3O2. The molecule has 1 amide bonds. The van der Waals surface area contributed by atoms with Crippen LogP contribution >= 0.6 is 11.6 Å². The normalized spacial score (nSPS) is 10.1. The number of hydrogen-bond acceptors (Lipinski definition) is 4. The number of hydrogen-bond donors (Lipinski definition) is 2. The van der Waals surface area contributed by atoms with Crippen LogP contribution in [0, 0.1) is 0 Å². The number of nitrogens with two attached hydrogens (primary N) is 1. The molecule has 0 aliphatic rings. The lowest BCUT2D eigenvalue weighted by Crippen LogP contribution is -2.11. The molecule has 16 heavy (non-hydrogen) atoms. The van der Waals surface area contributed by atoms with Gasteiger partial charge in [0.2, 0.25) is 0 Å². The van der Waals surface area contributed by atoms with Crippen molar-refractivity contribution in [3.05, 3.63) is 41.2 Å². The Hall–Kier alpha value is -2.01. The topological polar surface area (TPSA) is 81.2 Å². The van der Waals surface area contributed by atoms with Crippen LogP contribution in [-0.4, -0.2) is 11.1 Å². The van der Waals surface area contributed by atoms with Gasteiger partial charge < -0.3 is 15.6 Å². The first-order valence-corrected chi connectivity index (χ1v) is 4.80. The van der Waals surface area contributed by atoms with Gasteiger partial charge in [-0.3, -0.25) is 4.79 Å². The van der Waals surface area contributed by atoms with Gasteiger partial charge in [0, 0.05) is 16.3 Å². The summed E-state index contributed by atoms with van der Waals surface area (Å²) < 4.78 is 4.58. The van der Waals surface area contributed by atoms with Gasteiger partial charge >= 0.3 is 0 Å². The van der Waals surface area contributed by atoms with Crippen molar-refractivity contribution in [1.82, 2.24) is 5.16 Å². The molecule has 1 heterocycles. The van der Waals surface area contributed by atoms with Crippen LogP contribution in [0.1, 0.15) is 10.4 Å². The van der Waals surface area contributed by atoms with Crippen LogP contribution in [0.5, 0.6) is 0 Å². The standard InChI is InChI=1S/C10H8ClN3O2/c11-7-1-6(2-8(12)3-7)10(15)14-9-4-13-16-5-9/h1-5H,12H2,(H,14,15). The van der Waals surface area contributed by atoms with E-state index in [0.717, 1.165) is 0 Å². The van der Waals surface area contributed by atoms with E-state index in [-0.39, 0.29) is 5.91 Å². The maximum absolute atomic E-state index is 11.7. The minimum Gasteiger partial charge on any atom is -0.399 e. The Morgan fingerprint density at radius 3 is 2.88 bits per heavy atom. The number of nitrogens with zero attached hydrogens (tertiary/aromatic N) is 1. The summed E-state index contributed by atoms with van der Waals surface area (Å²) in [5.74, 6) is -0.322. The zero-order chi connectivity index (χ0) is 11.5. The molecule has 0 saturated heterocycles. The van der Waals surface area contributed by atoms with E-state index in [2.05, 4.69) is 15.0 Å². The van der Waals surface area contributed by atoms with E-state index in [4.69, 9.17) is 17.3 Å². The maximum atomic E-state index is 11.7. The minimum absolute atomic E-state index is 0.322. The zero-order valence-corrected chi connectivity index (χ0v) is 8.86. The van der Waals surface area contributed by atoms with Gasteiger partial charge in [-0.1, -0.05) is 16.8 Å². The van der Waals surface area contributed by atoms with Gasteiger partial charge in [-0.15, -0.1) is 0 Å². The van der Waals surface area contributed by atoms with Gasteiger partial charge in [0.15, 0.2) is 0 Å². The van der Waals surface area contributed by atoms with E-state index in [1.165, 1.54) is 24.6 Å². The molecule has 5 nitrogen and oxygen atoms in total. The van der Waals surface area contributed by atoms with Crippen molar-refractivity contribution in [2.24, 2.45) is 0 Å². The Morgan fingerprint density at radius 2 is 2.25 bits per heavy atom. The number of anilines is 2. The molecule has 1 aromatic heterocycles. The predicted octanol–water partition coefficient (Wildman–Crippen LogP) is 2.16. The number of carbonyl (C=O) groups excluding carboxylic acids is 1. The number of aromatic nitrogens is 1. The summed E-state index contributed by atoms with van der Waals surface area (Å²) in [6.07, 6.45) is 2.72. The van der Waals surface area contributed by atoms with E-state index >= 15 is 0 Å². The number of halogens is 1. The smallest absolute Gasteiger partial charge is 0.255 e. The first-order chi connectivity index (χ1) is 7.65. The number of nitrogen functional groups attached to an aromatic ring is 1. The summed E-state index contributed by atoms with van der Waals surface area (Å²) in [6.45, 7) is 0. The van der Waals surface area contributed by atoms with Crippen LogP contribution in [-0.2, 0) is 0 Å². The van der Waals surface area contributed by atoms with Crippen molar-refractivity contribution >= 4 is 28.9 Å². The van der Waals surface area contributed by atoms with Gasteiger partial charge in [0.25, 0.3) is 5.91 Å². The Kier molecular flexibility index (Phi) is 2.78. The Balaban J connectivity index is 2.21. The summed E-state index contributed by atoms with van der Waals surface area (Å²) in [4.78, 5) is 11.7. The quantitative estimate of drug-likeness (QED) is 0.785. The molecule has 0 bridgehead atoms. The summed E-state index contributed by atoms with van der Waals surface area (Å²) in [5, 5.41) is 6.46. The van der Waals surface area contributed by atoms with Crippen molar-refractivity contribution in [3.8, 4) is 0 Å². The Morgan fingerprint density at radius 1 is 1.44 bits per heavy atom. The van der Waals surface area contributed by atoms with E-state index < -0.39 is 0 Å². The largest absolute Gasteiger partial charge is 0.399 e. The summed E-state index contributed by atoms with van der Waals surface area (Å²) >= 11 is 5.79. The second kappa shape index (κ2) is 4.24. The van der Waals surface area contributed by atoms with E-state index in [9.17, 15) is 4.79 Å². The highest BCUT2D eigenvalue weighted by molar-refractivity contribution is 6.31. The molecule has 0 aliphatic carbocycles. The highest BCUT2D eigenvalue weighted by atomic mass is 35.5.